The SMILES string of the molecule is CNC1CCCCN(C2CC=CC2)C1=O. The van der Waals surface area contributed by atoms with E-state index in [-0.39, 0.29) is 6.04 Å². The standard InChI is InChI=1S/C12H20N2O/c1-13-11-8-4-5-9-14(12(11)15)10-6-2-3-7-10/h2-3,10-11,13H,4-9H2,1H3. The molecule has 1 unspecified atom stereocenters. The lowest BCUT2D eigenvalue weighted by molar-refractivity contribution is -0.134. The second-order valence-corrected chi connectivity index (χ2v) is 4.47. The molecule has 1 amide bonds. The predicted octanol–water partition coefficient (Wildman–Crippen LogP) is 1.31. The minimum absolute atomic E-state index is 0.0492. The number of hydrogen-bond donors (Lipinski definition) is 1. The Morgan fingerprint density at radius 2 is 2.07 bits per heavy atom. The molecule has 0 spiro atoms. The number of amides is 1. The van der Waals surface area contributed by atoms with E-state index in [1.807, 2.05) is 7.05 Å². The maximum Gasteiger partial charge on any atom is 0.239 e. The average Bonchev–Trinajstić information content (AvgIpc) is 2.70. The summed E-state index contributed by atoms with van der Waals surface area (Å²) < 4.78 is 0. The number of nitrogens with zero attached hydrogens (tertiary/aromatic N) is 1. The molecule has 1 atom stereocenters. The minimum atomic E-state index is 0.0492. The van der Waals surface area contributed by atoms with Gasteiger partial charge in [-0.1, -0.05) is 12.2 Å². The van der Waals surface area contributed by atoms with E-state index in [9.17, 15) is 4.79 Å². The summed E-state index contributed by atoms with van der Waals surface area (Å²) in [4.78, 5) is 14.3. The van der Waals surface area contributed by atoms with Crippen LogP contribution in [0.3, 0.4) is 0 Å². The molecule has 2 rings (SSSR count). The zero-order valence-corrected chi connectivity index (χ0v) is 9.41. The highest BCUT2D eigenvalue weighted by molar-refractivity contribution is 5.82. The molecular formula is C12H20N2O. The quantitative estimate of drug-likeness (QED) is 0.694. The third-order valence-corrected chi connectivity index (χ3v) is 3.50. The number of likely N-dealkylation sites (tertiary alicyclic amines) is 1. The predicted molar refractivity (Wildman–Crippen MR) is 60.6 cm³/mol. The van der Waals surface area contributed by atoms with Crippen LogP contribution in [0.5, 0.6) is 0 Å². The van der Waals surface area contributed by atoms with Crippen LogP contribution in [0.15, 0.2) is 12.2 Å². The molecule has 0 aromatic carbocycles. The van der Waals surface area contributed by atoms with Gasteiger partial charge in [-0.25, -0.2) is 0 Å². The average molecular weight is 208 g/mol. The van der Waals surface area contributed by atoms with E-state index in [2.05, 4.69) is 22.4 Å². The minimum Gasteiger partial charge on any atom is -0.338 e. The monoisotopic (exact) mass is 208 g/mol. The summed E-state index contributed by atoms with van der Waals surface area (Å²) in [5.74, 6) is 0.309. The van der Waals surface area contributed by atoms with Gasteiger partial charge in [-0.3, -0.25) is 4.79 Å². The van der Waals surface area contributed by atoms with Gasteiger partial charge in [-0.15, -0.1) is 0 Å². The van der Waals surface area contributed by atoms with Gasteiger partial charge < -0.3 is 10.2 Å². The Morgan fingerprint density at radius 1 is 1.33 bits per heavy atom. The van der Waals surface area contributed by atoms with Crippen molar-refractivity contribution in [1.82, 2.24) is 10.2 Å². The topological polar surface area (TPSA) is 32.3 Å². The summed E-state index contributed by atoms with van der Waals surface area (Å²) in [5, 5.41) is 3.14. The van der Waals surface area contributed by atoms with Crippen LogP contribution in [0, 0.1) is 0 Å². The molecule has 3 heteroatoms. The molecule has 1 heterocycles. The lowest BCUT2D eigenvalue weighted by atomic mass is 10.1. The molecule has 15 heavy (non-hydrogen) atoms. The molecule has 0 bridgehead atoms. The summed E-state index contributed by atoms with van der Waals surface area (Å²) in [6, 6.07) is 0.486. The van der Waals surface area contributed by atoms with Crippen LogP contribution in [0.4, 0.5) is 0 Å². The molecule has 1 aliphatic carbocycles. The first kappa shape index (κ1) is 10.7. The number of carbonyl (C=O) groups excluding carboxylic acids is 1. The van der Waals surface area contributed by atoms with Crippen LogP contribution < -0.4 is 5.32 Å². The van der Waals surface area contributed by atoms with E-state index in [1.165, 1.54) is 0 Å². The molecular weight excluding hydrogens is 188 g/mol. The van der Waals surface area contributed by atoms with Gasteiger partial charge in [0.25, 0.3) is 0 Å². The van der Waals surface area contributed by atoms with Crippen LogP contribution in [-0.4, -0.2) is 36.5 Å². The van der Waals surface area contributed by atoms with Gasteiger partial charge in [-0.2, -0.15) is 0 Å². The van der Waals surface area contributed by atoms with Crippen LogP contribution in [0.2, 0.25) is 0 Å². The van der Waals surface area contributed by atoms with E-state index < -0.39 is 0 Å². The number of likely N-dealkylation sites (N-methyl/N-ethyl adjacent to an activating group) is 1. The van der Waals surface area contributed by atoms with Gasteiger partial charge in [0, 0.05) is 12.6 Å². The first-order chi connectivity index (χ1) is 7.33. The van der Waals surface area contributed by atoms with Gasteiger partial charge in [0.15, 0.2) is 0 Å². The van der Waals surface area contributed by atoms with Crippen molar-refractivity contribution in [3.63, 3.8) is 0 Å². The third-order valence-electron chi connectivity index (χ3n) is 3.50. The zero-order valence-electron chi connectivity index (χ0n) is 9.41. The largest absolute Gasteiger partial charge is 0.338 e. The molecule has 84 valence electrons. The van der Waals surface area contributed by atoms with Crippen molar-refractivity contribution in [3.05, 3.63) is 12.2 Å². The smallest absolute Gasteiger partial charge is 0.239 e. The van der Waals surface area contributed by atoms with E-state index >= 15 is 0 Å². The lowest BCUT2D eigenvalue weighted by Gasteiger charge is -2.30. The van der Waals surface area contributed by atoms with Crippen LogP contribution >= 0.6 is 0 Å². The van der Waals surface area contributed by atoms with Gasteiger partial charge >= 0.3 is 0 Å². The highest BCUT2D eigenvalue weighted by Crippen LogP contribution is 2.22. The fourth-order valence-electron chi connectivity index (χ4n) is 2.55. The third kappa shape index (κ3) is 2.23. The number of nitrogens with one attached hydrogen (secondary N) is 1. The van der Waals surface area contributed by atoms with E-state index in [0.29, 0.717) is 11.9 Å². The van der Waals surface area contributed by atoms with Gasteiger partial charge in [-0.05, 0) is 39.2 Å². The molecule has 0 aromatic rings. The Morgan fingerprint density at radius 3 is 2.73 bits per heavy atom. The molecule has 1 fully saturated rings. The molecule has 0 saturated carbocycles. The maximum atomic E-state index is 12.2. The van der Waals surface area contributed by atoms with Gasteiger partial charge in [0.05, 0.1) is 6.04 Å². The van der Waals surface area contributed by atoms with Crippen molar-refractivity contribution >= 4 is 5.91 Å². The number of hydrogen-bond acceptors (Lipinski definition) is 2. The van der Waals surface area contributed by atoms with Crippen LogP contribution in [-0.2, 0) is 4.79 Å². The van der Waals surface area contributed by atoms with Crippen molar-refractivity contribution < 1.29 is 4.79 Å². The molecule has 2 aliphatic rings. The summed E-state index contributed by atoms with van der Waals surface area (Å²) in [7, 11) is 1.89. The Bertz CT molecular complexity index is 254. The summed E-state index contributed by atoms with van der Waals surface area (Å²) in [6.45, 7) is 0.948. The highest BCUT2D eigenvalue weighted by Gasteiger charge is 2.30. The Balaban J connectivity index is 2.04. The van der Waals surface area contributed by atoms with Crippen molar-refractivity contribution in [1.29, 1.82) is 0 Å². The summed E-state index contributed by atoms with van der Waals surface area (Å²) in [5.41, 5.74) is 0. The fraction of sp³-hybridized carbons (Fsp3) is 0.750. The first-order valence-electron chi connectivity index (χ1n) is 5.95. The first-order valence-corrected chi connectivity index (χ1v) is 5.95. The summed E-state index contributed by atoms with van der Waals surface area (Å²) >= 11 is 0. The lowest BCUT2D eigenvalue weighted by Crippen LogP contribution is -2.47. The molecule has 0 aromatic heterocycles. The van der Waals surface area contributed by atoms with E-state index in [1.54, 1.807) is 0 Å². The molecule has 0 radical (unpaired) electrons. The van der Waals surface area contributed by atoms with Gasteiger partial charge in [0.1, 0.15) is 0 Å². The highest BCUT2D eigenvalue weighted by atomic mass is 16.2. The second-order valence-electron chi connectivity index (χ2n) is 4.47. The normalized spacial score (nSPS) is 28.5. The number of rotatable bonds is 2. The fourth-order valence-corrected chi connectivity index (χ4v) is 2.55. The van der Waals surface area contributed by atoms with Crippen LogP contribution in [0.1, 0.15) is 32.1 Å². The molecule has 1 saturated heterocycles. The Hall–Kier alpha value is -0.830. The van der Waals surface area contributed by atoms with Crippen molar-refractivity contribution in [2.75, 3.05) is 13.6 Å². The van der Waals surface area contributed by atoms with Crippen molar-refractivity contribution in [2.45, 2.75) is 44.2 Å². The number of carbonyl (C=O) groups is 1. The Kier molecular flexibility index (Phi) is 3.41. The zero-order chi connectivity index (χ0) is 10.7. The molecule has 1 N–H and O–H groups in total. The van der Waals surface area contributed by atoms with E-state index in [4.69, 9.17) is 0 Å². The second kappa shape index (κ2) is 4.79. The summed E-state index contributed by atoms with van der Waals surface area (Å²) in [6.07, 6.45) is 9.78. The van der Waals surface area contributed by atoms with Gasteiger partial charge in [0.2, 0.25) is 5.91 Å². The van der Waals surface area contributed by atoms with E-state index in [0.717, 1.165) is 38.6 Å². The van der Waals surface area contributed by atoms with Crippen molar-refractivity contribution in [3.8, 4) is 0 Å². The molecule has 3 nitrogen and oxygen atoms in total. The Labute approximate surface area is 91.5 Å². The van der Waals surface area contributed by atoms with Crippen LogP contribution in [0.25, 0.3) is 0 Å². The molecule has 1 aliphatic heterocycles. The van der Waals surface area contributed by atoms with Crippen molar-refractivity contribution in [2.24, 2.45) is 0 Å². The maximum absolute atomic E-state index is 12.2.